The fourth-order valence-corrected chi connectivity index (χ4v) is 4.60. The molecule has 0 aliphatic carbocycles. The molecule has 162 valence electrons. The predicted molar refractivity (Wildman–Crippen MR) is 124 cm³/mol. The number of aryl methyl sites for hydroxylation is 1. The van der Waals surface area contributed by atoms with E-state index in [1.54, 1.807) is 4.90 Å². The lowest BCUT2D eigenvalue weighted by Gasteiger charge is -2.37. The number of rotatable bonds is 6. The molecule has 2 aromatic rings. The highest BCUT2D eigenvalue weighted by Gasteiger charge is 2.27. The third-order valence-corrected chi connectivity index (χ3v) is 7.33. The summed E-state index contributed by atoms with van der Waals surface area (Å²) in [7, 11) is -3.51. The Balaban J connectivity index is 1.63. The molecule has 0 aromatic heterocycles. The van der Waals surface area contributed by atoms with Crippen molar-refractivity contribution < 1.29 is 13.2 Å². The molecule has 30 heavy (non-hydrogen) atoms. The second-order valence-corrected chi connectivity index (χ2v) is 10.6. The number of piperazine rings is 1. The molecule has 1 saturated heterocycles. The zero-order valence-electron chi connectivity index (χ0n) is 17.6. The number of sulfonamides is 1. The minimum atomic E-state index is -3.51. The highest BCUT2D eigenvalue weighted by atomic mass is 79.9. The van der Waals surface area contributed by atoms with Crippen molar-refractivity contribution in [3.63, 3.8) is 0 Å². The average molecular weight is 494 g/mol. The van der Waals surface area contributed by atoms with Crippen molar-refractivity contribution in [2.75, 3.05) is 43.9 Å². The van der Waals surface area contributed by atoms with Crippen LogP contribution in [0.4, 0.5) is 5.69 Å². The van der Waals surface area contributed by atoms with Gasteiger partial charge in [-0.3, -0.25) is 4.79 Å². The van der Waals surface area contributed by atoms with Gasteiger partial charge in [-0.25, -0.2) is 8.42 Å². The van der Waals surface area contributed by atoms with E-state index in [-0.39, 0.29) is 19.0 Å². The Morgan fingerprint density at radius 2 is 1.67 bits per heavy atom. The van der Waals surface area contributed by atoms with Crippen molar-refractivity contribution in [1.29, 1.82) is 0 Å². The largest absolute Gasteiger partial charge is 0.368 e. The van der Waals surface area contributed by atoms with Crippen LogP contribution in [0.2, 0.25) is 0 Å². The third-order valence-electron chi connectivity index (χ3n) is 5.60. The fourth-order valence-electron chi connectivity index (χ4n) is 3.61. The third kappa shape index (κ3) is 5.62. The average Bonchev–Trinajstić information content (AvgIpc) is 2.70. The summed E-state index contributed by atoms with van der Waals surface area (Å²) in [5, 5.41) is 0. The summed E-state index contributed by atoms with van der Waals surface area (Å²) < 4.78 is 26.7. The molecule has 2 aromatic carbocycles. The van der Waals surface area contributed by atoms with Gasteiger partial charge in [0.25, 0.3) is 0 Å². The summed E-state index contributed by atoms with van der Waals surface area (Å²) in [5.41, 5.74) is 4.56. The zero-order chi connectivity index (χ0) is 21.9. The van der Waals surface area contributed by atoms with E-state index in [1.165, 1.54) is 21.1 Å². The SMILES string of the molecule is Cc1cccc(N2CCN(C(=O)CN(Cc3ccc(Br)cc3)S(C)(=O)=O)CC2)c1C. The molecule has 0 saturated carbocycles. The van der Waals surface area contributed by atoms with Crippen molar-refractivity contribution in [1.82, 2.24) is 9.21 Å². The zero-order valence-corrected chi connectivity index (χ0v) is 20.0. The van der Waals surface area contributed by atoms with Gasteiger partial charge >= 0.3 is 0 Å². The van der Waals surface area contributed by atoms with E-state index in [9.17, 15) is 13.2 Å². The van der Waals surface area contributed by atoms with Gasteiger partial charge in [-0.05, 0) is 48.7 Å². The molecule has 1 heterocycles. The molecule has 0 unspecified atom stereocenters. The van der Waals surface area contributed by atoms with Crippen molar-refractivity contribution >= 4 is 37.5 Å². The second kappa shape index (κ2) is 9.49. The molecule has 0 N–H and O–H groups in total. The van der Waals surface area contributed by atoms with Crippen LogP contribution in [0.15, 0.2) is 46.9 Å². The van der Waals surface area contributed by atoms with Gasteiger partial charge in [0.2, 0.25) is 15.9 Å². The quantitative estimate of drug-likeness (QED) is 0.619. The Hall–Kier alpha value is -1.90. The Kier molecular flexibility index (Phi) is 7.21. The van der Waals surface area contributed by atoms with Gasteiger partial charge < -0.3 is 9.80 Å². The maximum atomic E-state index is 12.9. The molecule has 0 spiro atoms. The van der Waals surface area contributed by atoms with Crippen LogP contribution in [-0.4, -0.2) is 62.5 Å². The van der Waals surface area contributed by atoms with Crippen molar-refractivity contribution in [3.05, 3.63) is 63.6 Å². The summed E-state index contributed by atoms with van der Waals surface area (Å²) >= 11 is 3.38. The predicted octanol–water partition coefficient (Wildman–Crippen LogP) is 3.18. The second-order valence-electron chi connectivity index (χ2n) is 7.74. The molecule has 1 amide bonds. The maximum absolute atomic E-state index is 12.9. The standard InChI is InChI=1S/C22H28BrN3O3S/c1-17-5-4-6-21(18(17)2)24-11-13-25(14-12-24)22(27)16-26(30(3,28)29)15-19-7-9-20(23)10-8-19/h4-10H,11-16H2,1-3H3. The monoisotopic (exact) mass is 493 g/mol. The van der Waals surface area contributed by atoms with Gasteiger partial charge in [0.05, 0.1) is 12.8 Å². The minimum absolute atomic E-state index is 0.141. The fraction of sp³-hybridized carbons (Fsp3) is 0.409. The van der Waals surface area contributed by atoms with Crippen LogP contribution in [0.25, 0.3) is 0 Å². The molecule has 0 bridgehead atoms. The highest BCUT2D eigenvalue weighted by Crippen LogP contribution is 2.24. The number of benzene rings is 2. The molecule has 1 aliphatic heterocycles. The Labute approximate surface area is 187 Å². The van der Waals surface area contributed by atoms with Crippen LogP contribution >= 0.6 is 15.9 Å². The number of carbonyl (C=O) groups excluding carboxylic acids is 1. The number of anilines is 1. The summed E-state index contributed by atoms with van der Waals surface area (Å²) in [4.78, 5) is 16.9. The molecule has 1 aliphatic rings. The minimum Gasteiger partial charge on any atom is -0.368 e. The molecular formula is C22H28BrN3O3S. The van der Waals surface area contributed by atoms with E-state index in [1.807, 2.05) is 24.3 Å². The molecular weight excluding hydrogens is 466 g/mol. The van der Waals surface area contributed by atoms with E-state index >= 15 is 0 Å². The molecule has 1 fully saturated rings. The normalized spacial score (nSPS) is 15.0. The Bertz CT molecular complexity index is 1000. The van der Waals surface area contributed by atoms with Gasteiger partial charge in [-0.1, -0.05) is 40.2 Å². The first kappa shape index (κ1) is 22.8. The number of carbonyl (C=O) groups is 1. The highest BCUT2D eigenvalue weighted by molar-refractivity contribution is 9.10. The van der Waals surface area contributed by atoms with E-state index in [2.05, 4.69) is 52.9 Å². The van der Waals surface area contributed by atoms with Gasteiger partial charge in [0, 0.05) is 42.9 Å². The van der Waals surface area contributed by atoms with E-state index < -0.39 is 10.0 Å². The first-order valence-electron chi connectivity index (χ1n) is 9.93. The van der Waals surface area contributed by atoms with Crippen LogP contribution in [0.3, 0.4) is 0 Å². The van der Waals surface area contributed by atoms with Gasteiger partial charge in [0.1, 0.15) is 0 Å². The molecule has 0 radical (unpaired) electrons. The maximum Gasteiger partial charge on any atom is 0.238 e. The molecule has 8 heteroatoms. The molecule has 3 rings (SSSR count). The smallest absolute Gasteiger partial charge is 0.238 e. The van der Waals surface area contributed by atoms with Crippen LogP contribution < -0.4 is 4.90 Å². The van der Waals surface area contributed by atoms with Crippen molar-refractivity contribution in [2.45, 2.75) is 20.4 Å². The van der Waals surface area contributed by atoms with Crippen LogP contribution in [-0.2, 0) is 21.4 Å². The van der Waals surface area contributed by atoms with Gasteiger partial charge in [0.15, 0.2) is 0 Å². The summed E-state index contributed by atoms with van der Waals surface area (Å²) in [6, 6.07) is 13.7. The molecule has 0 atom stereocenters. The summed E-state index contributed by atoms with van der Waals surface area (Å²) in [5.74, 6) is -0.154. The lowest BCUT2D eigenvalue weighted by Crippen LogP contribution is -2.51. The van der Waals surface area contributed by atoms with Crippen molar-refractivity contribution in [2.24, 2.45) is 0 Å². The van der Waals surface area contributed by atoms with Gasteiger partial charge in [-0.2, -0.15) is 4.31 Å². The Morgan fingerprint density at radius 3 is 2.27 bits per heavy atom. The first-order valence-corrected chi connectivity index (χ1v) is 12.6. The first-order chi connectivity index (χ1) is 14.1. The van der Waals surface area contributed by atoms with E-state index in [0.29, 0.717) is 13.1 Å². The van der Waals surface area contributed by atoms with Crippen LogP contribution in [0.5, 0.6) is 0 Å². The van der Waals surface area contributed by atoms with Crippen LogP contribution in [0.1, 0.15) is 16.7 Å². The number of nitrogens with zero attached hydrogens (tertiary/aromatic N) is 3. The van der Waals surface area contributed by atoms with E-state index in [4.69, 9.17) is 0 Å². The number of hydrogen-bond acceptors (Lipinski definition) is 4. The van der Waals surface area contributed by atoms with Crippen LogP contribution in [0, 0.1) is 13.8 Å². The van der Waals surface area contributed by atoms with Crippen molar-refractivity contribution in [3.8, 4) is 0 Å². The summed E-state index contributed by atoms with van der Waals surface area (Å²) in [6.07, 6.45) is 1.15. The number of hydrogen-bond donors (Lipinski definition) is 0. The Morgan fingerprint density at radius 1 is 1.03 bits per heavy atom. The lowest BCUT2D eigenvalue weighted by atomic mass is 10.1. The number of amides is 1. The number of halogens is 1. The topological polar surface area (TPSA) is 60.9 Å². The lowest BCUT2D eigenvalue weighted by molar-refractivity contribution is -0.131. The molecule has 6 nitrogen and oxygen atoms in total. The van der Waals surface area contributed by atoms with Gasteiger partial charge in [-0.15, -0.1) is 0 Å². The summed E-state index contributed by atoms with van der Waals surface area (Å²) in [6.45, 7) is 6.91. The van der Waals surface area contributed by atoms with E-state index in [0.717, 1.165) is 29.4 Å².